The molecule has 1 aromatic rings. The molecule has 0 aliphatic heterocycles. The van der Waals surface area contributed by atoms with Gasteiger partial charge in [0, 0.05) is 11.0 Å². The summed E-state index contributed by atoms with van der Waals surface area (Å²) in [6, 6.07) is 3.23. The number of benzene rings is 1. The second-order valence-corrected chi connectivity index (χ2v) is 5.91. The van der Waals surface area contributed by atoms with E-state index in [-0.39, 0.29) is 16.9 Å². The SMILES string of the molecule is Cc1cc(C)c([N+](=O)[O-])cc1OCCCC(C)(C)C(=N)N. The fraction of sp³-hybridized carbons (Fsp3) is 0.533. The molecule has 0 aromatic heterocycles. The third-order valence-electron chi connectivity index (χ3n) is 3.62. The molecular formula is C15H23N3O3. The van der Waals surface area contributed by atoms with Crippen LogP contribution >= 0.6 is 0 Å². The van der Waals surface area contributed by atoms with Crippen molar-refractivity contribution in [2.45, 2.75) is 40.5 Å². The lowest BCUT2D eigenvalue weighted by molar-refractivity contribution is -0.385. The van der Waals surface area contributed by atoms with Gasteiger partial charge in [0.15, 0.2) is 0 Å². The Kier molecular flexibility index (Phi) is 5.29. The molecule has 21 heavy (non-hydrogen) atoms. The zero-order chi connectivity index (χ0) is 16.2. The Balaban J connectivity index is 2.66. The summed E-state index contributed by atoms with van der Waals surface area (Å²) in [5.74, 6) is 0.692. The van der Waals surface area contributed by atoms with Crippen LogP contribution in [0.25, 0.3) is 0 Å². The van der Waals surface area contributed by atoms with Gasteiger partial charge in [-0.3, -0.25) is 15.5 Å². The number of nitro benzene ring substituents is 1. The van der Waals surface area contributed by atoms with Gasteiger partial charge < -0.3 is 10.5 Å². The molecule has 0 atom stereocenters. The van der Waals surface area contributed by atoms with Gasteiger partial charge in [0.1, 0.15) is 5.75 Å². The van der Waals surface area contributed by atoms with E-state index in [0.29, 0.717) is 17.9 Å². The molecule has 116 valence electrons. The lowest BCUT2D eigenvalue weighted by atomic mass is 9.87. The summed E-state index contributed by atoms with van der Waals surface area (Å²) in [6.07, 6.45) is 1.46. The Hall–Kier alpha value is -2.11. The van der Waals surface area contributed by atoms with E-state index in [9.17, 15) is 10.1 Å². The number of nitrogens with one attached hydrogen (secondary N) is 1. The van der Waals surface area contributed by atoms with Gasteiger partial charge in [-0.15, -0.1) is 0 Å². The number of amidine groups is 1. The van der Waals surface area contributed by atoms with Crippen LogP contribution in [0.4, 0.5) is 5.69 Å². The number of nitro groups is 1. The summed E-state index contributed by atoms with van der Waals surface area (Å²) in [6.45, 7) is 7.85. The van der Waals surface area contributed by atoms with Crippen molar-refractivity contribution in [3.8, 4) is 5.75 Å². The first-order valence-electron chi connectivity index (χ1n) is 6.88. The molecule has 0 bridgehead atoms. The van der Waals surface area contributed by atoms with Crippen LogP contribution in [0.15, 0.2) is 12.1 Å². The lowest BCUT2D eigenvalue weighted by Gasteiger charge is -2.22. The Bertz CT molecular complexity index is 553. The molecule has 0 fully saturated rings. The molecule has 6 nitrogen and oxygen atoms in total. The number of hydrogen-bond donors (Lipinski definition) is 2. The Morgan fingerprint density at radius 2 is 2.00 bits per heavy atom. The second kappa shape index (κ2) is 6.56. The minimum absolute atomic E-state index is 0.0691. The van der Waals surface area contributed by atoms with Gasteiger partial charge in [0.2, 0.25) is 0 Å². The predicted molar refractivity (Wildman–Crippen MR) is 83.0 cm³/mol. The third kappa shape index (κ3) is 4.44. The van der Waals surface area contributed by atoms with Crippen LogP contribution in [0, 0.1) is 34.8 Å². The molecule has 0 unspecified atom stereocenters. The summed E-state index contributed by atoms with van der Waals surface area (Å²) in [5.41, 5.74) is 6.75. The van der Waals surface area contributed by atoms with Gasteiger partial charge in [-0.25, -0.2) is 0 Å². The first-order chi connectivity index (χ1) is 9.65. The lowest BCUT2D eigenvalue weighted by Crippen LogP contribution is -2.31. The molecule has 0 heterocycles. The minimum atomic E-state index is -0.402. The Morgan fingerprint density at radius 3 is 2.52 bits per heavy atom. The number of rotatable bonds is 7. The normalized spacial score (nSPS) is 11.2. The summed E-state index contributed by atoms with van der Waals surface area (Å²) in [5, 5.41) is 18.4. The first kappa shape index (κ1) is 16.9. The zero-order valence-electron chi connectivity index (χ0n) is 13.0. The van der Waals surface area contributed by atoms with Crippen molar-refractivity contribution in [1.29, 1.82) is 5.41 Å². The van der Waals surface area contributed by atoms with Gasteiger partial charge >= 0.3 is 0 Å². The number of hydrogen-bond acceptors (Lipinski definition) is 4. The maximum absolute atomic E-state index is 10.9. The van der Waals surface area contributed by atoms with E-state index < -0.39 is 4.92 Å². The van der Waals surface area contributed by atoms with Crippen LogP contribution in [0.3, 0.4) is 0 Å². The van der Waals surface area contributed by atoms with E-state index in [1.165, 1.54) is 6.07 Å². The molecule has 0 saturated carbocycles. The summed E-state index contributed by atoms with van der Waals surface area (Å²) in [7, 11) is 0. The molecule has 6 heteroatoms. The maximum Gasteiger partial charge on any atom is 0.276 e. The van der Waals surface area contributed by atoms with Crippen molar-refractivity contribution in [2.24, 2.45) is 11.1 Å². The summed E-state index contributed by atoms with van der Waals surface area (Å²) in [4.78, 5) is 10.5. The topological polar surface area (TPSA) is 102 Å². The predicted octanol–water partition coefficient (Wildman–Crippen LogP) is 3.33. The fourth-order valence-corrected chi connectivity index (χ4v) is 2.00. The quantitative estimate of drug-likeness (QED) is 0.264. The highest BCUT2D eigenvalue weighted by atomic mass is 16.6. The van der Waals surface area contributed by atoms with E-state index in [2.05, 4.69) is 0 Å². The van der Waals surface area contributed by atoms with Crippen LogP contribution < -0.4 is 10.5 Å². The highest BCUT2D eigenvalue weighted by Gasteiger charge is 2.21. The Labute approximate surface area is 125 Å². The van der Waals surface area contributed by atoms with Crippen LogP contribution in [0.1, 0.15) is 37.8 Å². The van der Waals surface area contributed by atoms with Crippen molar-refractivity contribution in [3.05, 3.63) is 33.4 Å². The molecule has 1 rings (SSSR count). The molecule has 0 amide bonds. The van der Waals surface area contributed by atoms with Gasteiger partial charge in [-0.05, 0) is 38.3 Å². The van der Waals surface area contributed by atoms with Crippen molar-refractivity contribution in [3.63, 3.8) is 0 Å². The van der Waals surface area contributed by atoms with E-state index >= 15 is 0 Å². The molecule has 0 aliphatic carbocycles. The van der Waals surface area contributed by atoms with E-state index in [0.717, 1.165) is 18.4 Å². The maximum atomic E-state index is 10.9. The molecule has 0 saturated heterocycles. The molecule has 0 spiro atoms. The molecule has 3 N–H and O–H groups in total. The fourth-order valence-electron chi connectivity index (χ4n) is 2.00. The van der Waals surface area contributed by atoms with Crippen LogP contribution in [-0.4, -0.2) is 17.4 Å². The largest absolute Gasteiger partial charge is 0.493 e. The van der Waals surface area contributed by atoms with Crippen molar-refractivity contribution < 1.29 is 9.66 Å². The monoisotopic (exact) mass is 293 g/mol. The average molecular weight is 293 g/mol. The number of ether oxygens (including phenoxy) is 1. The number of nitrogens with zero attached hydrogens (tertiary/aromatic N) is 1. The zero-order valence-corrected chi connectivity index (χ0v) is 13.0. The molecule has 0 aliphatic rings. The number of nitrogens with two attached hydrogens (primary N) is 1. The van der Waals surface area contributed by atoms with Crippen molar-refractivity contribution >= 4 is 11.5 Å². The second-order valence-electron chi connectivity index (χ2n) is 5.91. The average Bonchev–Trinajstić information content (AvgIpc) is 2.35. The summed E-state index contributed by atoms with van der Waals surface area (Å²) >= 11 is 0. The van der Waals surface area contributed by atoms with Gasteiger partial charge in [0.25, 0.3) is 5.69 Å². The van der Waals surface area contributed by atoms with Crippen LogP contribution in [0.5, 0.6) is 5.75 Å². The van der Waals surface area contributed by atoms with E-state index in [4.69, 9.17) is 15.9 Å². The first-order valence-corrected chi connectivity index (χ1v) is 6.88. The van der Waals surface area contributed by atoms with Gasteiger partial charge in [-0.1, -0.05) is 13.8 Å². The van der Waals surface area contributed by atoms with Crippen molar-refractivity contribution in [2.75, 3.05) is 6.61 Å². The standard InChI is InChI=1S/C15H23N3O3/c1-10-8-11(2)13(9-12(10)18(19)20)21-7-5-6-15(3,4)14(16)17/h8-9H,5-7H2,1-4H3,(H3,16,17). The smallest absolute Gasteiger partial charge is 0.276 e. The molecule has 1 aromatic carbocycles. The van der Waals surface area contributed by atoms with E-state index in [1.54, 1.807) is 13.0 Å². The Morgan fingerprint density at radius 1 is 1.38 bits per heavy atom. The number of aryl methyl sites for hydroxylation is 2. The third-order valence-corrected chi connectivity index (χ3v) is 3.62. The van der Waals surface area contributed by atoms with Gasteiger partial charge in [-0.2, -0.15) is 0 Å². The van der Waals surface area contributed by atoms with Gasteiger partial charge in [0.05, 0.1) is 23.4 Å². The molecule has 0 radical (unpaired) electrons. The molecular weight excluding hydrogens is 270 g/mol. The summed E-state index contributed by atoms with van der Waals surface area (Å²) < 4.78 is 5.64. The van der Waals surface area contributed by atoms with Crippen LogP contribution in [-0.2, 0) is 0 Å². The highest BCUT2D eigenvalue weighted by molar-refractivity contribution is 5.82. The minimum Gasteiger partial charge on any atom is -0.493 e. The van der Waals surface area contributed by atoms with E-state index in [1.807, 2.05) is 20.8 Å². The van der Waals surface area contributed by atoms with Crippen LogP contribution in [0.2, 0.25) is 0 Å². The van der Waals surface area contributed by atoms with Crippen molar-refractivity contribution in [1.82, 2.24) is 0 Å². The highest BCUT2D eigenvalue weighted by Crippen LogP contribution is 2.28.